The van der Waals surface area contributed by atoms with Crippen LogP contribution in [-0.4, -0.2) is 35.8 Å². The average Bonchev–Trinajstić information content (AvgIpc) is 2.34. The van der Waals surface area contributed by atoms with Crippen molar-refractivity contribution in [2.75, 3.05) is 13.2 Å². The van der Waals surface area contributed by atoms with Crippen LogP contribution in [0, 0.1) is 6.92 Å². The van der Waals surface area contributed by atoms with Gasteiger partial charge in [0.25, 0.3) is 5.91 Å². The second-order valence-corrected chi connectivity index (χ2v) is 4.62. The number of benzene rings is 1. The van der Waals surface area contributed by atoms with Gasteiger partial charge < -0.3 is 4.74 Å². The highest BCUT2D eigenvalue weighted by molar-refractivity contribution is 6.06. The van der Waals surface area contributed by atoms with Gasteiger partial charge >= 0.3 is 6.09 Å². The first kappa shape index (κ1) is 13.3. The molecular weight excluding hydrogens is 246 g/mol. The number of ether oxygens (including phenoxy) is 1. The van der Waals surface area contributed by atoms with E-state index in [4.69, 9.17) is 4.74 Å². The van der Waals surface area contributed by atoms with E-state index in [9.17, 15) is 14.4 Å². The van der Waals surface area contributed by atoms with Crippen molar-refractivity contribution >= 4 is 17.8 Å². The number of hydrogen-bond donors (Lipinski definition) is 0. The van der Waals surface area contributed by atoms with Crippen molar-refractivity contribution in [3.63, 3.8) is 0 Å². The lowest BCUT2D eigenvalue weighted by Gasteiger charge is -2.23. The highest BCUT2D eigenvalue weighted by Crippen LogP contribution is 2.18. The molecule has 0 aromatic heterocycles. The molecule has 0 saturated heterocycles. The minimum absolute atomic E-state index is 0.205. The molecule has 0 bridgehead atoms. The van der Waals surface area contributed by atoms with E-state index in [1.807, 2.05) is 19.1 Å². The SMILES string of the molecule is CC(=O)CN1C(=O)OCCc2cc(C)ccc2C1=O. The third kappa shape index (κ3) is 2.81. The normalized spacial score (nSPS) is 15.4. The van der Waals surface area contributed by atoms with Crippen molar-refractivity contribution in [3.8, 4) is 0 Å². The van der Waals surface area contributed by atoms with E-state index in [0.29, 0.717) is 12.0 Å². The highest BCUT2D eigenvalue weighted by Gasteiger charge is 2.29. The summed E-state index contributed by atoms with van der Waals surface area (Å²) in [4.78, 5) is 36.1. The summed E-state index contributed by atoms with van der Waals surface area (Å²) in [6.07, 6.45) is -0.256. The maximum Gasteiger partial charge on any atom is 0.417 e. The zero-order valence-corrected chi connectivity index (χ0v) is 10.9. The van der Waals surface area contributed by atoms with E-state index in [1.165, 1.54) is 6.92 Å². The lowest BCUT2D eigenvalue weighted by atomic mass is 10.0. The monoisotopic (exact) mass is 261 g/mol. The fraction of sp³-hybridized carbons (Fsp3) is 0.357. The van der Waals surface area contributed by atoms with Gasteiger partial charge in [-0.05, 0) is 25.5 Å². The van der Waals surface area contributed by atoms with Gasteiger partial charge in [0.1, 0.15) is 5.78 Å². The van der Waals surface area contributed by atoms with Crippen molar-refractivity contribution in [2.45, 2.75) is 20.3 Å². The van der Waals surface area contributed by atoms with Gasteiger partial charge in [-0.25, -0.2) is 9.69 Å². The summed E-state index contributed by atoms with van der Waals surface area (Å²) in [7, 11) is 0. The summed E-state index contributed by atoms with van der Waals surface area (Å²) in [5, 5.41) is 0. The van der Waals surface area contributed by atoms with E-state index < -0.39 is 12.0 Å². The summed E-state index contributed by atoms with van der Waals surface area (Å²) < 4.78 is 4.98. The van der Waals surface area contributed by atoms with Gasteiger partial charge in [0.2, 0.25) is 0 Å². The van der Waals surface area contributed by atoms with E-state index in [1.54, 1.807) is 6.07 Å². The number of fused-ring (bicyclic) bond motifs is 1. The van der Waals surface area contributed by atoms with Crippen molar-refractivity contribution in [1.82, 2.24) is 4.90 Å². The van der Waals surface area contributed by atoms with E-state index >= 15 is 0 Å². The van der Waals surface area contributed by atoms with E-state index in [2.05, 4.69) is 0 Å². The van der Waals surface area contributed by atoms with E-state index in [-0.39, 0.29) is 18.9 Å². The fourth-order valence-corrected chi connectivity index (χ4v) is 2.05. The standard InChI is InChI=1S/C14H15NO4/c1-9-3-4-12-11(7-9)5-6-19-14(18)15(13(12)17)8-10(2)16/h3-4,7H,5-6,8H2,1-2H3. The number of cyclic esters (lactones) is 1. The molecular formula is C14H15NO4. The number of ketones is 1. The fourth-order valence-electron chi connectivity index (χ4n) is 2.05. The minimum Gasteiger partial charge on any atom is -0.449 e. The largest absolute Gasteiger partial charge is 0.449 e. The second-order valence-electron chi connectivity index (χ2n) is 4.62. The van der Waals surface area contributed by atoms with Crippen molar-refractivity contribution < 1.29 is 19.1 Å². The predicted octanol–water partition coefficient (Wildman–Crippen LogP) is 1.72. The zero-order valence-electron chi connectivity index (χ0n) is 10.9. The number of imide groups is 1. The predicted molar refractivity (Wildman–Crippen MR) is 67.9 cm³/mol. The van der Waals surface area contributed by atoms with Crippen molar-refractivity contribution in [3.05, 3.63) is 34.9 Å². The maximum absolute atomic E-state index is 12.3. The molecule has 0 radical (unpaired) electrons. The van der Waals surface area contributed by atoms with Gasteiger partial charge in [-0.2, -0.15) is 0 Å². The molecule has 0 saturated carbocycles. The number of aryl methyl sites for hydroxylation is 1. The maximum atomic E-state index is 12.3. The Morgan fingerprint density at radius 3 is 2.79 bits per heavy atom. The van der Waals surface area contributed by atoms with Gasteiger partial charge in [-0.15, -0.1) is 0 Å². The Kier molecular flexibility index (Phi) is 3.64. The van der Waals surface area contributed by atoms with Gasteiger partial charge in [0.15, 0.2) is 0 Å². The average molecular weight is 261 g/mol. The van der Waals surface area contributed by atoms with Gasteiger partial charge in [0, 0.05) is 12.0 Å². The molecule has 1 aromatic carbocycles. The Balaban J connectivity index is 2.42. The number of nitrogens with zero attached hydrogens (tertiary/aromatic N) is 1. The Labute approximate surface area is 111 Å². The third-order valence-corrected chi connectivity index (χ3v) is 2.93. The summed E-state index contributed by atoms with van der Waals surface area (Å²) in [6.45, 7) is 3.21. The molecule has 1 heterocycles. The van der Waals surface area contributed by atoms with Gasteiger partial charge in [0.05, 0.1) is 13.2 Å². The minimum atomic E-state index is -0.758. The molecule has 0 N–H and O–H groups in total. The molecule has 0 unspecified atom stereocenters. The molecule has 2 amide bonds. The summed E-state index contributed by atoms with van der Waals surface area (Å²) in [6, 6.07) is 5.41. The van der Waals surface area contributed by atoms with E-state index in [0.717, 1.165) is 16.0 Å². The molecule has 0 aliphatic carbocycles. The van der Waals surface area contributed by atoms with Crippen LogP contribution in [0.5, 0.6) is 0 Å². The molecule has 0 fully saturated rings. The quantitative estimate of drug-likeness (QED) is 0.813. The van der Waals surface area contributed by atoms with Crippen LogP contribution in [0.2, 0.25) is 0 Å². The molecule has 0 spiro atoms. The number of amides is 2. The Morgan fingerprint density at radius 1 is 1.37 bits per heavy atom. The molecule has 19 heavy (non-hydrogen) atoms. The molecule has 1 aliphatic heterocycles. The van der Waals surface area contributed by atoms with Crippen LogP contribution in [0.25, 0.3) is 0 Å². The van der Waals surface area contributed by atoms with Crippen LogP contribution < -0.4 is 0 Å². The third-order valence-electron chi connectivity index (χ3n) is 2.93. The Bertz CT molecular complexity index is 550. The van der Waals surface area contributed by atoms with Crippen molar-refractivity contribution in [1.29, 1.82) is 0 Å². The summed E-state index contributed by atoms with van der Waals surface area (Å²) in [5.74, 6) is -0.741. The first-order valence-corrected chi connectivity index (χ1v) is 6.06. The van der Waals surface area contributed by atoms with Crippen LogP contribution in [-0.2, 0) is 16.0 Å². The summed E-state index contributed by atoms with van der Waals surface area (Å²) >= 11 is 0. The Hall–Kier alpha value is -2.17. The van der Waals surface area contributed by atoms with Gasteiger partial charge in [-0.3, -0.25) is 9.59 Å². The van der Waals surface area contributed by atoms with Crippen LogP contribution in [0.3, 0.4) is 0 Å². The smallest absolute Gasteiger partial charge is 0.417 e. The second kappa shape index (κ2) is 5.22. The number of rotatable bonds is 2. The summed E-state index contributed by atoms with van der Waals surface area (Å²) in [5.41, 5.74) is 2.34. The molecule has 2 rings (SSSR count). The molecule has 5 nitrogen and oxygen atoms in total. The van der Waals surface area contributed by atoms with Gasteiger partial charge in [-0.1, -0.05) is 17.7 Å². The van der Waals surface area contributed by atoms with Crippen molar-refractivity contribution in [2.24, 2.45) is 0 Å². The highest BCUT2D eigenvalue weighted by atomic mass is 16.6. The first-order chi connectivity index (χ1) is 8.99. The van der Waals surface area contributed by atoms with Crippen LogP contribution in [0.1, 0.15) is 28.4 Å². The Morgan fingerprint density at radius 2 is 2.11 bits per heavy atom. The van der Waals surface area contributed by atoms with Crippen LogP contribution >= 0.6 is 0 Å². The molecule has 100 valence electrons. The lowest BCUT2D eigenvalue weighted by Crippen LogP contribution is -2.42. The molecule has 1 aliphatic rings. The lowest BCUT2D eigenvalue weighted by molar-refractivity contribution is -0.117. The van der Waals surface area contributed by atoms with Crippen LogP contribution in [0.4, 0.5) is 4.79 Å². The number of carbonyl (C=O) groups excluding carboxylic acids is 3. The molecule has 0 atom stereocenters. The molecule has 5 heteroatoms. The topological polar surface area (TPSA) is 63.7 Å². The van der Waals surface area contributed by atoms with Crippen LogP contribution in [0.15, 0.2) is 18.2 Å². The number of Topliss-reactive ketones (excluding diaryl/α,β-unsaturated/α-hetero) is 1. The first-order valence-electron chi connectivity index (χ1n) is 6.06. The molecule has 1 aromatic rings. The number of carbonyl (C=O) groups is 3. The zero-order chi connectivity index (χ0) is 14.0. The number of hydrogen-bond acceptors (Lipinski definition) is 4.